The molecule has 1 aromatic heterocycles. The predicted octanol–water partition coefficient (Wildman–Crippen LogP) is 3.26. The highest BCUT2D eigenvalue weighted by Gasteiger charge is 2.10. The smallest absolute Gasteiger partial charge is 0.251 e. The standard InChI is InChI=1S/C15H15BrN2O/c1-11-9-13(7-8-17-11)15(19)18-10-14(16)12-5-3-2-4-6-12/h2-9,14H,10H2,1H3,(H,18,19). The Balaban J connectivity index is 1.94. The number of nitrogens with zero attached hydrogens (tertiary/aromatic N) is 1. The molecular formula is C15H15BrN2O. The summed E-state index contributed by atoms with van der Waals surface area (Å²) in [4.78, 5) is 16.2. The van der Waals surface area contributed by atoms with Gasteiger partial charge in [0.25, 0.3) is 5.91 Å². The molecule has 0 aliphatic heterocycles. The van der Waals surface area contributed by atoms with Crippen molar-refractivity contribution in [3.63, 3.8) is 0 Å². The van der Waals surface area contributed by atoms with Gasteiger partial charge < -0.3 is 5.32 Å². The van der Waals surface area contributed by atoms with E-state index >= 15 is 0 Å². The largest absolute Gasteiger partial charge is 0.351 e. The van der Waals surface area contributed by atoms with Crippen molar-refractivity contribution in [3.05, 3.63) is 65.5 Å². The lowest BCUT2D eigenvalue weighted by Gasteiger charge is -2.11. The highest BCUT2D eigenvalue weighted by molar-refractivity contribution is 9.09. The Morgan fingerprint density at radius 1 is 1.32 bits per heavy atom. The maximum Gasteiger partial charge on any atom is 0.251 e. The number of pyridine rings is 1. The minimum Gasteiger partial charge on any atom is -0.351 e. The zero-order chi connectivity index (χ0) is 13.7. The maximum atomic E-state index is 12.0. The van der Waals surface area contributed by atoms with Gasteiger partial charge in [-0.3, -0.25) is 9.78 Å². The molecule has 0 bridgehead atoms. The lowest BCUT2D eigenvalue weighted by atomic mass is 10.1. The van der Waals surface area contributed by atoms with Crippen LogP contribution < -0.4 is 5.32 Å². The zero-order valence-electron chi connectivity index (χ0n) is 10.6. The SMILES string of the molecule is Cc1cc(C(=O)NCC(Br)c2ccccc2)ccn1. The maximum absolute atomic E-state index is 12.0. The first kappa shape index (κ1) is 13.7. The van der Waals surface area contributed by atoms with E-state index in [4.69, 9.17) is 0 Å². The summed E-state index contributed by atoms with van der Waals surface area (Å²) in [6.45, 7) is 2.41. The number of carbonyl (C=O) groups excluding carboxylic acids is 1. The molecule has 0 saturated carbocycles. The van der Waals surface area contributed by atoms with Crippen LogP contribution >= 0.6 is 15.9 Å². The lowest BCUT2D eigenvalue weighted by Crippen LogP contribution is -2.26. The molecule has 4 heteroatoms. The third kappa shape index (κ3) is 3.89. The van der Waals surface area contributed by atoms with E-state index in [1.54, 1.807) is 18.3 Å². The summed E-state index contributed by atoms with van der Waals surface area (Å²) in [5.74, 6) is -0.0779. The van der Waals surface area contributed by atoms with Gasteiger partial charge in [0.05, 0.1) is 4.83 Å². The summed E-state index contributed by atoms with van der Waals surface area (Å²) in [6, 6.07) is 13.5. The molecule has 1 amide bonds. The quantitative estimate of drug-likeness (QED) is 0.879. The Labute approximate surface area is 121 Å². The Hall–Kier alpha value is -1.68. The normalized spacial score (nSPS) is 11.9. The first-order chi connectivity index (χ1) is 9.16. The van der Waals surface area contributed by atoms with Crippen molar-refractivity contribution in [2.45, 2.75) is 11.8 Å². The van der Waals surface area contributed by atoms with Crippen molar-refractivity contribution in [1.29, 1.82) is 0 Å². The molecule has 1 heterocycles. The molecule has 19 heavy (non-hydrogen) atoms. The second-order valence-electron chi connectivity index (χ2n) is 4.27. The number of rotatable bonds is 4. The highest BCUT2D eigenvalue weighted by Crippen LogP contribution is 2.21. The van der Waals surface area contributed by atoms with E-state index in [0.717, 1.165) is 11.3 Å². The van der Waals surface area contributed by atoms with E-state index in [-0.39, 0.29) is 10.7 Å². The third-order valence-corrected chi connectivity index (χ3v) is 3.61. The number of hydrogen-bond acceptors (Lipinski definition) is 2. The number of nitrogens with one attached hydrogen (secondary N) is 1. The summed E-state index contributed by atoms with van der Waals surface area (Å²) in [7, 11) is 0. The molecule has 0 saturated heterocycles. The molecule has 0 fully saturated rings. The first-order valence-electron chi connectivity index (χ1n) is 6.06. The van der Waals surface area contributed by atoms with Gasteiger partial charge in [0.15, 0.2) is 0 Å². The Morgan fingerprint density at radius 2 is 2.05 bits per heavy atom. The van der Waals surface area contributed by atoms with Crippen molar-refractivity contribution in [3.8, 4) is 0 Å². The van der Waals surface area contributed by atoms with Gasteiger partial charge in [0.1, 0.15) is 0 Å². The van der Waals surface area contributed by atoms with Gasteiger partial charge in [0.2, 0.25) is 0 Å². The minimum atomic E-state index is -0.0779. The molecule has 2 aromatic rings. The molecule has 1 aromatic carbocycles. The van der Waals surface area contributed by atoms with Gasteiger partial charge in [-0.1, -0.05) is 46.3 Å². The van der Waals surface area contributed by atoms with Crippen LogP contribution in [0.25, 0.3) is 0 Å². The van der Waals surface area contributed by atoms with Gasteiger partial charge in [-0.25, -0.2) is 0 Å². The van der Waals surface area contributed by atoms with E-state index in [1.807, 2.05) is 37.3 Å². The zero-order valence-corrected chi connectivity index (χ0v) is 12.2. The molecular weight excluding hydrogens is 304 g/mol. The van der Waals surface area contributed by atoms with Crippen LogP contribution in [0, 0.1) is 6.92 Å². The van der Waals surface area contributed by atoms with Crippen LogP contribution in [0.4, 0.5) is 0 Å². The summed E-state index contributed by atoms with van der Waals surface area (Å²) in [5, 5.41) is 2.91. The third-order valence-electron chi connectivity index (χ3n) is 2.76. The second kappa shape index (κ2) is 6.48. The number of aryl methyl sites for hydroxylation is 1. The summed E-state index contributed by atoms with van der Waals surface area (Å²) < 4.78 is 0. The van der Waals surface area contributed by atoms with E-state index < -0.39 is 0 Å². The Bertz CT molecular complexity index is 557. The van der Waals surface area contributed by atoms with Gasteiger partial charge in [-0.05, 0) is 24.6 Å². The van der Waals surface area contributed by atoms with Crippen molar-refractivity contribution in [2.75, 3.05) is 6.54 Å². The van der Waals surface area contributed by atoms with Crippen molar-refractivity contribution in [1.82, 2.24) is 10.3 Å². The summed E-state index contributed by atoms with van der Waals surface area (Å²) in [5.41, 5.74) is 2.63. The molecule has 0 spiro atoms. The van der Waals surface area contributed by atoms with Crippen molar-refractivity contribution < 1.29 is 4.79 Å². The Kier molecular flexibility index (Phi) is 4.68. The van der Waals surface area contributed by atoms with Crippen LogP contribution in [-0.2, 0) is 0 Å². The molecule has 1 unspecified atom stereocenters. The average molecular weight is 319 g/mol. The van der Waals surface area contributed by atoms with E-state index in [1.165, 1.54) is 0 Å². The number of hydrogen-bond donors (Lipinski definition) is 1. The van der Waals surface area contributed by atoms with Crippen LogP contribution in [0.2, 0.25) is 0 Å². The fourth-order valence-electron chi connectivity index (χ4n) is 1.75. The van der Waals surface area contributed by atoms with Crippen LogP contribution in [0.3, 0.4) is 0 Å². The Morgan fingerprint density at radius 3 is 2.74 bits per heavy atom. The average Bonchev–Trinajstić information content (AvgIpc) is 2.45. The van der Waals surface area contributed by atoms with Crippen LogP contribution in [0.5, 0.6) is 0 Å². The van der Waals surface area contributed by atoms with Crippen molar-refractivity contribution >= 4 is 21.8 Å². The molecule has 1 atom stereocenters. The second-order valence-corrected chi connectivity index (χ2v) is 5.38. The van der Waals surface area contributed by atoms with Crippen LogP contribution in [-0.4, -0.2) is 17.4 Å². The molecule has 0 aliphatic carbocycles. The lowest BCUT2D eigenvalue weighted by molar-refractivity contribution is 0.0954. The predicted molar refractivity (Wildman–Crippen MR) is 79.4 cm³/mol. The first-order valence-corrected chi connectivity index (χ1v) is 6.98. The molecule has 98 valence electrons. The van der Waals surface area contributed by atoms with E-state index in [2.05, 4.69) is 26.2 Å². The van der Waals surface area contributed by atoms with Crippen LogP contribution in [0.1, 0.15) is 26.4 Å². The monoisotopic (exact) mass is 318 g/mol. The molecule has 0 radical (unpaired) electrons. The molecule has 1 N–H and O–H groups in total. The topological polar surface area (TPSA) is 42.0 Å². The molecule has 0 aliphatic rings. The summed E-state index contributed by atoms with van der Waals surface area (Å²) >= 11 is 3.57. The number of benzene rings is 1. The fourth-order valence-corrected chi connectivity index (χ4v) is 2.22. The highest BCUT2D eigenvalue weighted by atomic mass is 79.9. The summed E-state index contributed by atoms with van der Waals surface area (Å²) in [6.07, 6.45) is 1.65. The van der Waals surface area contributed by atoms with Gasteiger partial charge >= 0.3 is 0 Å². The number of carbonyl (C=O) groups is 1. The number of amides is 1. The number of halogens is 1. The van der Waals surface area contributed by atoms with Gasteiger partial charge in [-0.2, -0.15) is 0 Å². The molecule has 3 nitrogen and oxygen atoms in total. The fraction of sp³-hybridized carbons (Fsp3) is 0.200. The number of alkyl halides is 1. The molecule has 2 rings (SSSR count). The van der Waals surface area contributed by atoms with E-state index in [9.17, 15) is 4.79 Å². The van der Waals surface area contributed by atoms with Gasteiger partial charge in [0, 0.05) is 24.0 Å². The van der Waals surface area contributed by atoms with E-state index in [0.29, 0.717) is 12.1 Å². The van der Waals surface area contributed by atoms with Crippen LogP contribution in [0.15, 0.2) is 48.7 Å². The van der Waals surface area contributed by atoms with Gasteiger partial charge in [-0.15, -0.1) is 0 Å². The van der Waals surface area contributed by atoms with Crippen molar-refractivity contribution in [2.24, 2.45) is 0 Å². The number of aromatic nitrogens is 1. The minimum absolute atomic E-state index is 0.0779.